The molecule has 1 fully saturated rings. The molecular weight excluding hydrogens is 571 g/mol. The van der Waals surface area contributed by atoms with Gasteiger partial charge in [-0.05, 0) is 41.0 Å². The molecule has 8 heteroatoms. The van der Waals surface area contributed by atoms with Crippen molar-refractivity contribution in [3.05, 3.63) is 97.9 Å². The zero-order valence-electron chi connectivity index (χ0n) is 21.2. The number of piperazine rings is 1. The van der Waals surface area contributed by atoms with E-state index in [1.165, 1.54) is 5.56 Å². The number of carbonyl (C=O) groups is 1. The molecule has 1 aliphatic rings. The van der Waals surface area contributed by atoms with Crippen molar-refractivity contribution in [2.75, 3.05) is 38.0 Å². The molecule has 0 radical (unpaired) electrons. The number of hydrogen-bond donors (Lipinski definition) is 2. The maximum atomic E-state index is 12.9. The Morgan fingerprint density at radius 1 is 0.892 bits per heavy atom. The van der Waals surface area contributed by atoms with Crippen LogP contribution in [-0.4, -0.2) is 48.6 Å². The van der Waals surface area contributed by atoms with Gasteiger partial charge in [-0.25, -0.2) is 4.79 Å². The van der Waals surface area contributed by atoms with Gasteiger partial charge in [0.05, 0.1) is 0 Å². The number of benzene rings is 3. The van der Waals surface area contributed by atoms with Gasteiger partial charge in [0.1, 0.15) is 0 Å². The van der Waals surface area contributed by atoms with Gasteiger partial charge in [0.2, 0.25) is 0 Å². The monoisotopic (exact) mass is 602 g/mol. The summed E-state index contributed by atoms with van der Waals surface area (Å²) in [6, 6.07) is 21.9. The molecule has 2 amide bonds. The van der Waals surface area contributed by atoms with Gasteiger partial charge in [-0.15, -0.1) is 0 Å². The second-order valence-corrected chi connectivity index (χ2v) is 11.9. The van der Waals surface area contributed by atoms with Crippen molar-refractivity contribution in [3.63, 3.8) is 0 Å². The number of amides is 2. The largest absolute Gasteiger partial charge is 0.337 e. The highest BCUT2D eigenvalue weighted by molar-refractivity contribution is 9.10. The lowest BCUT2D eigenvalue weighted by Crippen LogP contribution is -2.45. The van der Waals surface area contributed by atoms with Gasteiger partial charge in [-0.1, -0.05) is 95.4 Å². The van der Waals surface area contributed by atoms with Crippen LogP contribution in [-0.2, 0) is 18.5 Å². The molecule has 196 valence electrons. The number of anilines is 1. The fourth-order valence-electron chi connectivity index (χ4n) is 4.69. The van der Waals surface area contributed by atoms with E-state index in [9.17, 15) is 4.79 Å². The summed E-state index contributed by atoms with van der Waals surface area (Å²) >= 11 is 16.4. The summed E-state index contributed by atoms with van der Waals surface area (Å²) in [5.41, 5.74) is 3.62. The van der Waals surface area contributed by atoms with Crippen molar-refractivity contribution in [1.29, 1.82) is 0 Å². The van der Waals surface area contributed by atoms with Crippen molar-refractivity contribution in [2.45, 2.75) is 32.4 Å². The number of urea groups is 1. The zero-order chi connectivity index (χ0) is 26.4. The Morgan fingerprint density at radius 2 is 1.51 bits per heavy atom. The normalized spacial score (nSPS) is 14.9. The Labute approximate surface area is 238 Å². The highest BCUT2D eigenvalue weighted by atomic mass is 79.9. The first-order valence-electron chi connectivity index (χ1n) is 12.5. The lowest BCUT2D eigenvalue weighted by atomic mass is 9.84. The summed E-state index contributed by atoms with van der Waals surface area (Å²) in [7, 11) is 0. The van der Waals surface area contributed by atoms with Crippen LogP contribution in [0, 0.1) is 0 Å². The van der Waals surface area contributed by atoms with Crippen LogP contribution < -0.4 is 10.6 Å². The fourth-order valence-corrected chi connectivity index (χ4v) is 5.96. The van der Waals surface area contributed by atoms with Gasteiger partial charge in [-0.2, -0.15) is 0 Å². The first-order chi connectivity index (χ1) is 17.7. The predicted molar refractivity (Wildman–Crippen MR) is 158 cm³/mol. The Kier molecular flexibility index (Phi) is 9.54. The molecule has 1 aliphatic heterocycles. The number of nitrogens with zero attached hydrogens (tertiary/aromatic N) is 2. The van der Waals surface area contributed by atoms with Gasteiger partial charge >= 0.3 is 6.03 Å². The minimum atomic E-state index is -0.438. The third kappa shape index (κ3) is 7.71. The topological polar surface area (TPSA) is 47.6 Å². The van der Waals surface area contributed by atoms with Crippen LogP contribution in [0.3, 0.4) is 0 Å². The Hall–Kier alpha value is -2.09. The maximum absolute atomic E-state index is 12.9. The van der Waals surface area contributed by atoms with Crippen molar-refractivity contribution >= 4 is 50.9 Å². The third-order valence-corrected chi connectivity index (χ3v) is 7.88. The first-order valence-corrected chi connectivity index (χ1v) is 14.0. The van der Waals surface area contributed by atoms with Gasteiger partial charge < -0.3 is 10.6 Å². The van der Waals surface area contributed by atoms with E-state index in [1.807, 2.05) is 44.2 Å². The Bertz CT molecular complexity index is 1190. The van der Waals surface area contributed by atoms with Crippen LogP contribution in [0.4, 0.5) is 10.5 Å². The number of rotatable bonds is 8. The van der Waals surface area contributed by atoms with E-state index >= 15 is 0 Å². The van der Waals surface area contributed by atoms with Gasteiger partial charge in [0.15, 0.2) is 0 Å². The smallest absolute Gasteiger partial charge is 0.319 e. The molecular formula is C29H33BrCl2N4O. The molecule has 3 aromatic rings. The number of hydrogen-bond acceptors (Lipinski definition) is 3. The summed E-state index contributed by atoms with van der Waals surface area (Å²) in [5, 5.41) is 7.24. The molecule has 37 heavy (non-hydrogen) atoms. The van der Waals surface area contributed by atoms with E-state index in [4.69, 9.17) is 23.2 Å². The van der Waals surface area contributed by atoms with Gasteiger partial charge in [0.25, 0.3) is 0 Å². The second kappa shape index (κ2) is 12.6. The first kappa shape index (κ1) is 27.9. The predicted octanol–water partition coefficient (Wildman–Crippen LogP) is 7.17. The van der Waals surface area contributed by atoms with E-state index in [0.29, 0.717) is 16.6 Å². The highest BCUT2D eigenvalue weighted by Gasteiger charge is 2.27. The molecule has 0 saturated carbocycles. The van der Waals surface area contributed by atoms with Crippen molar-refractivity contribution < 1.29 is 4.79 Å². The minimum Gasteiger partial charge on any atom is -0.337 e. The average molecular weight is 604 g/mol. The molecule has 0 aliphatic carbocycles. The lowest BCUT2D eigenvalue weighted by molar-refractivity contribution is 0.122. The molecule has 3 aromatic carbocycles. The quantitative estimate of drug-likeness (QED) is 0.287. The van der Waals surface area contributed by atoms with E-state index in [1.54, 1.807) is 0 Å². The van der Waals surface area contributed by atoms with Crippen LogP contribution in [0.25, 0.3) is 0 Å². The number of carbonyl (C=O) groups excluding carboxylic acids is 1. The fraction of sp³-hybridized carbons (Fsp3) is 0.345. The molecule has 0 bridgehead atoms. The molecule has 0 spiro atoms. The number of halogens is 3. The van der Waals surface area contributed by atoms with Crippen molar-refractivity contribution in [1.82, 2.24) is 15.1 Å². The average Bonchev–Trinajstić information content (AvgIpc) is 2.86. The van der Waals surface area contributed by atoms with E-state index < -0.39 is 5.41 Å². The summed E-state index contributed by atoms with van der Waals surface area (Å²) in [4.78, 5) is 17.8. The van der Waals surface area contributed by atoms with Crippen molar-refractivity contribution in [2.24, 2.45) is 0 Å². The van der Waals surface area contributed by atoms with E-state index in [0.717, 1.165) is 60.6 Å². The number of nitrogens with one attached hydrogen (secondary N) is 2. The molecule has 1 heterocycles. The van der Waals surface area contributed by atoms with Crippen LogP contribution in [0.5, 0.6) is 0 Å². The molecule has 0 aromatic heterocycles. The van der Waals surface area contributed by atoms with Crippen molar-refractivity contribution in [3.8, 4) is 0 Å². The van der Waals surface area contributed by atoms with Gasteiger partial charge in [-0.3, -0.25) is 9.80 Å². The molecule has 4 rings (SSSR count). The van der Waals surface area contributed by atoms with Gasteiger partial charge in [0, 0.05) is 71.4 Å². The molecule has 5 nitrogen and oxygen atoms in total. The Morgan fingerprint density at radius 3 is 2.16 bits per heavy atom. The molecule has 1 saturated heterocycles. The summed E-state index contributed by atoms with van der Waals surface area (Å²) in [5.74, 6) is 0. The zero-order valence-corrected chi connectivity index (χ0v) is 24.3. The SMILES string of the molecule is CC(C)(CNC(=O)Nc1cc(Br)ccc1CN1CCN(Cc2ccccc2)CC1)c1c(Cl)cccc1Cl. The third-order valence-electron chi connectivity index (χ3n) is 6.76. The maximum Gasteiger partial charge on any atom is 0.319 e. The summed E-state index contributed by atoms with van der Waals surface area (Å²) in [6.07, 6.45) is 0. The minimum absolute atomic E-state index is 0.261. The van der Waals surface area contributed by atoms with Crippen LogP contribution in [0.1, 0.15) is 30.5 Å². The Balaban J connectivity index is 1.34. The second-order valence-electron chi connectivity index (χ2n) is 10.1. The van der Waals surface area contributed by atoms with Crippen LogP contribution in [0.2, 0.25) is 10.0 Å². The molecule has 0 atom stereocenters. The van der Waals surface area contributed by atoms with Crippen LogP contribution >= 0.6 is 39.1 Å². The van der Waals surface area contributed by atoms with Crippen LogP contribution in [0.15, 0.2) is 71.2 Å². The summed E-state index contributed by atoms with van der Waals surface area (Å²) < 4.78 is 0.919. The highest BCUT2D eigenvalue weighted by Crippen LogP contribution is 2.35. The van der Waals surface area contributed by atoms with E-state index in [2.05, 4.69) is 72.8 Å². The molecule has 2 N–H and O–H groups in total. The standard InChI is InChI=1S/C29H33BrCl2N4O/c1-29(2,27-24(31)9-6-10-25(27)32)20-33-28(37)34-26-17-23(30)12-11-22(26)19-36-15-13-35(14-16-36)18-21-7-4-3-5-8-21/h3-12,17H,13-16,18-20H2,1-2H3,(H2,33,34,37). The summed E-state index contributed by atoms with van der Waals surface area (Å²) in [6.45, 7) is 10.2. The lowest BCUT2D eigenvalue weighted by Gasteiger charge is -2.35. The van der Waals surface area contributed by atoms with E-state index in [-0.39, 0.29) is 6.03 Å². The molecule has 0 unspecified atom stereocenters.